The van der Waals surface area contributed by atoms with Crippen LogP contribution in [0.1, 0.15) is 18.4 Å². The first-order chi connectivity index (χ1) is 10.2. The van der Waals surface area contributed by atoms with E-state index >= 15 is 0 Å². The van der Waals surface area contributed by atoms with Gasteiger partial charge in [0.2, 0.25) is 5.91 Å². The summed E-state index contributed by atoms with van der Waals surface area (Å²) in [7, 11) is 0. The first kappa shape index (κ1) is 13.7. The van der Waals surface area contributed by atoms with Crippen LogP contribution in [0.2, 0.25) is 0 Å². The van der Waals surface area contributed by atoms with Crippen molar-refractivity contribution in [3.63, 3.8) is 0 Å². The molecule has 0 bridgehead atoms. The molecule has 0 radical (unpaired) electrons. The van der Waals surface area contributed by atoms with Gasteiger partial charge in [-0.25, -0.2) is 0 Å². The number of fused-ring (bicyclic) bond motifs is 1. The molecule has 3 rings (SSSR count). The molecule has 0 unspecified atom stereocenters. The summed E-state index contributed by atoms with van der Waals surface area (Å²) >= 11 is 0. The molecule has 0 atom stereocenters. The van der Waals surface area contributed by atoms with E-state index in [1.807, 2.05) is 0 Å². The molecule has 0 aromatic heterocycles. The van der Waals surface area contributed by atoms with E-state index < -0.39 is 0 Å². The summed E-state index contributed by atoms with van der Waals surface area (Å²) in [5, 5.41) is 9.48. The third-order valence-electron chi connectivity index (χ3n) is 4.01. The Morgan fingerprint density at radius 1 is 1.29 bits per heavy atom. The Labute approximate surface area is 125 Å². The van der Waals surface area contributed by atoms with Gasteiger partial charge in [-0.05, 0) is 36.6 Å². The number of nitrogens with zero attached hydrogens (tertiary/aromatic N) is 2. The van der Waals surface area contributed by atoms with Crippen LogP contribution in [0, 0.1) is 0 Å². The Bertz CT molecular complexity index is 592. The van der Waals surface area contributed by atoms with Crippen LogP contribution in [0.3, 0.4) is 0 Å². The van der Waals surface area contributed by atoms with Crippen molar-refractivity contribution < 1.29 is 9.90 Å². The Hall–Kier alpha value is -2.23. The molecule has 0 spiro atoms. The van der Waals surface area contributed by atoms with Crippen molar-refractivity contribution in [3.8, 4) is 0 Å². The Morgan fingerprint density at radius 2 is 2.14 bits per heavy atom. The van der Waals surface area contributed by atoms with E-state index in [2.05, 4.69) is 29.2 Å². The molecule has 4 nitrogen and oxygen atoms in total. The SMILES string of the molecule is O=C(CCN1CCCc2ccccc21)N1C=CC=C(O)C1. The quantitative estimate of drug-likeness (QED) is 0.928. The summed E-state index contributed by atoms with van der Waals surface area (Å²) in [6, 6.07) is 8.42. The van der Waals surface area contributed by atoms with Gasteiger partial charge in [-0.15, -0.1) is 0 Å². The van der Waals surface area contributed by atoms with Gasteiger partial charge in [-0.2, -0.15) is 0 Å². The van der Waals surface area contributed by atoms with Gasteiger partial charge in [0.05, 0.1) is 6.54 Å². The molecule has 0 aliphatic carbocycles. The van der Waals surface area contributed by atoms with Crippen LogP contribution in [-0.2, 0) is 11.2 Å². The van der Waals surface area contributed by atoms with Crippen LogP contribution in [0.15, 0.2) is 48.4 Å². The number of para-hydroxylation sites is 1. The molecule has 2 heterocycles. The first-order valence-electron chi connectivity index (χ1n) is 7.43. The number of amides is 1. The van der Waals surface area contributed by atoms with E-state index in [-0.39, 0.29) is 18.2 Å². The van der Waals surface area contributed by atoms with Crippen molar-refractivity contribution in [2.75, 3.05) is 24.5 Å². The normalized spacial score (nSPS) is 17.4. The predicted octanol–water partition coefficient (Wildman–Crippen LogP) is 2.63. The number of aliphatic hydroxyl groups is 1. The zero-order chi connectivity index (χ0) is 14.7. The lowest BCUT2D eigenvalue weighted by Gasteiger charge is -2.31. The summed E-state index contributed by atoms with van der Waals surface area (Å²) in [6.45, 7) is 2.02. The number of carbonyl (C=O) groups is 1. The summed E-state index contributed by atoms with van der Waals surface area (Å²) in [5.41, 5.74) is 2.63. The summed E-state index contributed by atoms with van der Waals surface area (Å²) < 4.78 is 0. The molecule has 1 aromatic carbocycles. The fraction of sp³-hybridized carbons (Fsp3) is 0.353. The van der Waals surface area contributed by atoms with Gasteiger partial charge < -0.3 is 14.9 Å². The lowest BCUT2D eigenvalue weighted by Crippen LogP contribution is -2.35. The number of anilines is 1. The molecule has 0 saturated carbocycles. The second-order valence-corrected chi connectivity index (χ2v) is 5.49. The van der Waals surface area contributed by atoms with E-state index in [1.165, 1.54) is 11.3 Å². The maximum absolute atomic E-state index is 12.2. The number of aliphatic hydroxyl groups excluding tert-OH is 1. The number of carbonyl (C=O) groups excluding carboxylic acids is 1. The van der Waals surface area contributed by atoms with Crippen LogP contribution in [0.5, 0.6) is 0 Å². The highest BCUT2D eigenvalue weighted by Gasteiger charge is 2.19. The predicted molar refractivity (Wildman–Crippen MR) is 83.2 cm³/mol. The topological polar surface area (TPSA) is 43.8 Å². The number of hydrogen-bond acceptors (Lipinski definition) is 3. The van der Waals surface area contributed by atoms with Gasteiger partial charge in [0.15, 0.2) is 0 Å². The largest absolute Gasteiger partial charge is 0.510 e. The minimum absolute atomic E-state index is 0.0500. The lowest BCUT2D eigenvalue weighted by atomic mass is 10.0. The van der Waals surface area contributed by atoms with Gasteiger partial charge in [-0.1, -0.05) is 18.2 Å². The van der Waals surface area contributed by atoms with E-state index in [0.717, 1.165) is 25.9 Å². The van der Waals surface area contributed by atoms with E-state index in [1.54, 1.807) is 23.3 Å². The lowest BCUT2D eigenvalue weighted by molar-refractivity contribution is -0.128. The maximum atomic E-state index is 12.2. The van der Waals surface area contributed by atoms with Crippen LogP contribution in [0.4, 0.5) is 5.69 Å². The Morgan fingerprint density at radius 3 is 3.00 bits per heavy atom. The fourth-order valence-corrected chi connectivity index (χ4v) is 2.93. The minimum atomic E-state index is 0.0500. The van der Waals surface area contributed by atoms with Gasteiger partial charge in [0.25, 0.3) is 0 Å². The summed E-state index contributed by atoms with van der Waals surface area (Å²) in [6.07, 6.45) is 7.77. The molecule has 2 aliphatic rings. The summed E-state index contributed by atoms with van der Waals surface area (Å²) in [5.74, 6) is 0.281. The molecule has 2 aliphatic heterocycles. The number of aryl methyl sites for hydroxylation is 1. The molecule has 4 heteroatoms. The average molecular weight is 284 g/mol. The number of hydrogen-bond donors (Lipinski definition) is 1. The second-order valence-electron chi connectivity index (χ2n) is 5.49. The van der Waals surface area contributed by atoms with Crippen molar-refractivity contribution >= 4 is 11.6 Å². The van der Waals surface area contributed by atoms with Crippen LogP contribution < -0.4 is 4.90 Å². The maximum Gasteiger partial charge on any atom is 0.228 e. The molecule has 110 valence electrons. The van der Waals surface area contributed by atoms with Crippen molar-refractivity contribution in [3.05, 3.63) is 53.9 Å². The third-order valence-corrected chi connectivity index (χ3v) is 4.01. The van der Waals surface area contributed by atoms with E-state index in [9.17, 15) is 9.90 Å². The number of allylic oxidation sites excluding steroid dienone is 2. The van der Waals surface area contributed by atoms with Crippen molar-refractivity contribution in [2.24, 2.45) is 0 Å². The zero-order valence-electron chi connectivity index (χ0n) is 12.0. The smallest absolute Gasteiger partial charge is 0.228 e. The Balaban J connectivity index is 1.60. The molecule has 1 amide bonds. The fourth-order valence-electron chi connectivity index (χ4n) is 2.93. The monoisotopic (exact) mass is 284 g/mol. The summed E-state index contributed by atoms with van der Waals surface area (Å²) in [4.78, 5) is 16.1. The molecular weight excluding hydrogens is 264 g/mol. The van der Waals surface area contributed by atoms with Crippen LogP contribution in [-0.4, -0.2) is 35.5 Å². The highest BCUT2D eigenvalue weighted by atomic mass is 16.3. The molecule has 1 N–H and O–H groups in total. The van der Waals surface area contributed by atoms with Crippen LogP contribution in [0.25, 0.3) is 0 Å². The van der Waals surface area contributed by atoms with E-state index in [4.69, 9.17) is 0 Å². The molecular formula is C17H20N2O2. The molecule has 1 aromatic rings. The van der Waals surface area contributed by atoms with Crippen LogP contribution >= 0.6 is 0 Å². The van der Waals surface area contributed by atoms with Gasteiger partial charge in [-0.3, -0.25) is 4.79 Å². The average Bonchev–Trinajstić information content (AvgIpc) is 2.52. The van der Waals surface area contributed by atoms with Gasteiger partial charge >= 0.3 is 0 Å². The standard InChI is InChI=1S/C17H20N2O2/c20-15-7-4-11-19(13-15)17(21)9-12-18-10-3-6-14-5-1-2-8-16(14)18/h1-2,4-5,7-8,11,20H,3,6,9-10,12-13H2. The van der Waals surface area contributed by atoms with Crippen molar-refractivity contribution in [2.45, 2.75) is 19.3 Å². The molecule has 0 fully saturated rings. The number of rotatable bonds is 3. The van der Waals surface area contributed by atoms with Gasteiger partial charge in [0, 0.05) is 31.4 Å². The second kappa shape index (κ2) is 6.04. The zero-order valence-corrected chi connectivity index (χ0v) is 12.0. The van der Waals surface area contributed by atoms with E-state index in [0.29, 0.717) is 6.42 Å². The van der Waals surface area contributed by atoms with Crippen molar-refractivity contribution in [1.29, 1.82) is 0 Å². The van der Waals surface area contributed by atoms with Gasteiger partial charge in [0.1, 0.15) is 5.76 Å². The Kier molecular flexibility index (Phi) is 3.95. The third kappa shape index (κ3) is 3.10. The molecule has 21 heavy (non-hydrogen) atoms. The first-order valence-corrected chi connectivity index (χ1v) is 7.43. The minimum Gasteiger partial charge on any atom is -0.510 e. The molecule has 0 saturated heterocycles. The highest BCUT2D eigenvalue weighted by molar-refractivity contribution is 5.78. The number of benzene rings is 1. The van der Waals surface area contributed by atoms with Crippen molar-refractivity contribution in [1.82, 2.24) is 4.90 Å². The highest BCUT2D eigenvalue weighted by Crippen LogP contribution is 2.26.